The van der Waals surface area contributed by atoms with Crippen molar-refractivity contribution in [1.29, 1.82) is 0 Å². The average Bonchev–Trinajstić information content (AvgIpc) is 3.02. The first-order chi connectivity index (χ1) is 12.2. The third-order valence-corrected chi connectivity index (χ3v) is 5.55. The van der Waals surface area contributed by atoms with E-state index in [4.69, 9.17) is 0 Å². The van der Waals surface area contributed by atoms with Gasteiger partial charge in [-0.25, -0.2) is 4.68 Å². The van der Waals surface area contributed by atoms with Crippen molar-refractivity contribution in [2.45, 2.75) is 50.7 Å². The Hall–Kier alpha value is -2.08. The van der Waals surface area contributed by atoms with Gasteiger partial charge in [-0.1, -0.05) is 49.9 Å². The van der Waals surface area contributed by atoms with E-state index in [0.29, 0.717) is 6.42 Å². The van der Waals surface area contributed by atoms with Crippen molar-refractivity contribution < 1.29 is 4.79 Å². The summed E-state index contributed by atoms with van der Waals surface area (Å²) in [4.78, 5) is 17.3. The molecular weight excluding hydrogens is 332 g/mol. The third kappa shape index (κ3) is 2.88. The second-order valence-electron chi connectivity index (χ2n) is 6.39. The Morgan fingerprint density at radius 1 is 1.24 bits per heavy atom. The SMILES string of the molecule is CCSc1nc2n(n1)C(c1ccc(CC)cc1)C1=C(CCCC1=O)N2. The first kappa shape index (κ1) is 16.4. The standard InChI is InChI=1S/C19H22N4OS/c1-3-12-8-10-13(11-9-12)17-16-14(6-5-7-15(16)24)20-18-21-19(25-4-2)22-23(17)18/h8-11,17H,3-7H2,1-2H3,(H,20,21,22). The van der Waals surface area contributed by atoms with E-state index >= 15 is 0 Å². The van der Waals surface area contributed by atoms with Crippen molar-refractivity contribution >= 4 is 23.5 Å². The first-order valence-electron chi connectivity index (χ1n) is 8.92. The Balaban J connectivity index is 1.84. The van der Waals surface area contributed by atoms with Gasteiger partial charge in [0, 0.05) is 17.7 Å². The number of aromatic nitrogens is 3. The molecule has 1 unspecified atom stereocenters. The molecule has 6 heteroatoms. The van der Waals surface area contributed by atoms with E-state index < -0.39 is 0 Å². The van der Waals surface area contributed by atoms with Gasteiger partial charge in [-0.3, -0.25) is 4.79 Å². The molecule has 0 fully saturated rings. The third-order valence-electron chi connectivity index (χ3n) is 4.83. The molecule has 0 saturated heterocycles. The molecule has 0 spiro atoms. The van der Waals surface area contributed by atoms with Crippen LogP contribution in [-0.2, 0) is 11.2 Å². The Morgan fingerprint density at radius 2 is 2.04 bits per heavy atom. The highest BCUT2D eigenvalue weighted by Crippen LogP contribution is 2.40. The number of hydrogen-bond donors (Lipinski definition) is 1. The zero-order chi connectivity index (χ0) is 17.4. The van der Waals surface area contributed by atoms with Crippen LogP contribution in [0.25, 0.3) is 0 Å². The zero-order valence-corrected chi connectivity index (χ0v) is 15.4. The van der Waals surface area contributed by atoms with Crippen molar-refractivity contribution in [2.75, 3.05) is 11.1 Å². The van der Waals surface area contributed by atoms with Gasteiger partial charge in [0.05, 0.1) is 0 Å². The molecule has 2 aliphatic rings. The van der Waals surface area contributed by atoms with Crippen LogP contribution in [0.15, 0.2) is 40.7 Å². The maximum Gasteiger partial charge on any atom is 0.227 e. The molecule has 0 bridgehead atoms. The lowest BCUT2D eigenvalue weighted by Gasteiger charge is -2.32. The summed E-state index contributed by atoms with van der Waals surface area (Å²) in [5.74, 6) is 1.89. The fourth-order valence-corrected chi connectivity index (χ4v) is 4.13. The van der Waals surface area contributed by atoms with Gasteiger partial charge in [0.1, 0.15) is 6.04 Å². The number of carbonyl (C=O) groups is 1. The van der Waals surface area contributed by atoms with Crippen LogP contribution in [0.4, 0.5) is 5.95 Å². The number of ketones is 1. The number of nitrogens with one attached hydrogen (secondary N) is 1. The number of thioether (sulfide) groups is 1. The fraction of sp³-hybridized carbons (Fsp3) is 0.421. The van der Waals surface area contributed by atoms with E-state index in [1.54, 1.807) is 11.8 Å². The lowest BCUT2D eigenvalue weighted by atomic mass is 9.85. The summed E-state index contributed by atoms with van der Waals surface area (Å²) in [7, 11) is 0. The van der Waals surface area contributed by atoms with Crippen LogP contribution in [0.1, 0.15) is 50.3 Å². The molecule has 1 aromatic heterocycles. The summed E-state index contributed by atoms with van der Waals surface area (Å²) in [6, 6.07) is 8.36. The number of anilines is 1. The number of hydrogen-bond acceptors (Lipinski definition) is 5. The molecule has 5 nitrogen and oxygen atoms in total. The predicted octanol–water partition coefficient (Wildman–Crippen LogP) is 3.97. The molecule has 4 rings (SSSR count). The second kappa shape index (κ2) is 6.67. The van der Waals surface area contributed by atoms with Gasteiger partial charge in [0.25, 0.3) is 0 Å². The van der Waals surface area contributed by atoms with Crippen molar-refractivity contribution in [3.8, 4) is 0 Å². The number of Topliss-reactive ketones (excluding diaryl/α,β-unsaturated/α-hetero) is 1. The lowest BCUT2D eigenvalue weighted by Crippen LogP contribution is -2.31. The van der Waals surface area contributed by atoms with Crippen molar-refractivity contribution in [2.24, 2.45) is 0 Å². The topological polar surface area (TPSA) is 59.8 Å². The van der Waals surface area contributed by atoms with E-state index in [1.165, 1.54) is 5.56 Å². The summed E-state index contributed by atoms with van der Waals surface area (Å²) in [5.41, 5.74) is 4.28. The predicted molar refractivity (Wildman–Crippen MR) is 99.9 cm³/mol. The molecule has 2 heterocycles. The maximum absolute atomic E-state index is 12.7. The van der Waals surface area contributed by atoms with Gasteiger partial charge in [-0.15, -0.1) is 5.10 Å². The Morgan fingerprint density at radius 3 is 2.76 bits per heavy atom. The highest BCUT2D eigenvalue weighted by Gasteiger charge is 2.36. The number of aryl methyl sites for hydroxylation is 1. The van der Waals surface area contributed by atoms with Gasteiger partial charge >= 0.3 is 0 Å². The average molecular weight is 354 g/mol. The van der Waals surface area contributed by atoms with E-state index in [2.05, 4.69) is 53.5 Å². The normalized spacial score (nSPS) is 19.4. The van der Waals surface area contributed by atoms with Crippen LogP contribution in [0.3, 0.4) is 0 Å². The second-order valence-corrected chi connectivity index (χ2v) is 7.62. The monoisotopic (exact) mass is 354 g/mol. The molecule has 25 heavy (non-hydrogen) atoms. The largest absolute Gasteiger partial charge is 0.328 e. The molecule has 1 atom stereocenters. The molecule has 0 saturated carbocycles. The van der Waals surface area contributed by atoms with Crippen molar-refractivity contribution in [3.05, 3.63) is 46.7 Å². The summed E-state index contributed by atoms with van der Waals surface area (Å²) < 4.78 is 1.89. The zero-order valence-electron chi connectivity index (χ0n) is 14.6. The molecule has 1 aromatic carbocycles. The molecule has 1 aliphatic carbocycles. The van der Waals surface area contributed by atoms with Gasteiger partial charge in [-0.2, -0.15) is 4.98 Å². The van der Waals surface area contributed by atoms with E-state index in [-0.39, 0.29) is 11.8 Å². The van der Waals surface area contributed by atoms with Crippen molar-refractivity contribution in [3.63, 3.8) is 0 Å². The molecule has 2 aromatic rings. The van der Waals surface area contributed by atoms with Gasteiger partial charge in [0.15, 0.2) is 5.78 Å². The van der Waals surface area contributed by atoms with Crippen LogP contribution in [0, 0.1) is 0 Å². The minimum atomic E-state index is -0.177. The molecule has 1 N–H and O–H groups in total. The van der Waals surface area contributed by atoms with E-state index in [1.807, 2.05) is 4.68 Å². The smallest absolute Gasteiger partial charge is 0.227 e. The van der Waals surface area contributed by atoms with Crippen LogP contribution in [-0.4, -0.2) is 26.3 Å². The fourth-order valence-electron chi connectivity index (χ4n) is 3.57. The number of carbonyl (C=O) groups excluding carboxylic acids is 1. The highest BCUT2D eigenvalue weighted by atomic mass is 32.2. The van der Waals surface area contributed by atoms with Gasteiger partial charge in [-0.05, 0) is 36.1 Å². The van der Waals surface area contributed by atoms with Crippen molar-refractivity contribution in [1.82, 2.24) is 14.8 Å². The summed E-state index contributed by atoms with van der Waals surface area (Å²) in [5, 5.41) is 8.81. The van der Waals surface area contributed by atoms with E-state index in [0.717, 1.165) is 53.0 Å². The Bertz CT molecular complexity index is 838. The maximum atomic E-state index is 12.7. The molecule has 0 amide bonds. The minimum absolute atomic E-state index is 0.177. The lowest BCUT2D eigenvalue weighted by molar-refractivity contribution is -0.116. The molecule has 0 radical (unpaired) electrons. The van der Waals surface area contributed by atoms with E-state index in [9.17, 15) is 4.79 Å². The number of rotatable bonds is 4. The molecular formula is C19H22N4OS. The van der Waals surface area contributed by atoms with Gasteiger partial charge in [0.2, 0.25) is 11.1 Å². The van der Waals surface area contributed by atoms with Gasteiger partial charge < -0.3 is 5.32 Å². The Labute approximate surface area is 151 Å². The van der Waals surface area contributed by atoms with Crippen LogP contribution >= 0.6 is 11.8 Å². The summed E-state index contributed by atoms with van der Waals surface area (Å²) >= 11 is 1.62. The molecule has 1 aliphatic heterocycles. The number of nitrogens with zero attached hydrogens (tertiary/aromatic N) is 3. The number of fused-ring (bicyclic) bond motifs is 1. The summed E-state index contributed by atoms with van der Waals surface area (Å²) in [6.07, 6.45) is 3.42. The number of benzene rings is 1. The first-order valence-corrected chi connectivity index (χ1v) is 9.91. The van der Waals surface area contributed by atoms with Crippen LogP contribution in [0.2, 0.25) is 0 Å². The van der Waals surface area contributed by atoms with Crippen LogP contribution in [0.5, 0.6) is 0 Å². The highest BCUT2D eigenvalue weighted by molar-refractivity contribution is 7.99. The quantitative estimate of drug-likeness (QED) is 0.842. The number of allylic oxidation sites excluding steroid dienone is 2. The summed E-state index contributed by atoms with van der Waals surface area (Å²) in [6.45, 7) is 4.24. The minimum Gasteiger partial charge on any atom is -0.328 e. The molecule has 130 valence electrons. The van der Waals surface area contributed by atoms with Crippen LogP contribution < -0.4 is 5.32 Å². The Kier molecular flexibility index (Phi) is 4.37.